The van der Waals surface area contributed by atoms with Crippen molar-refractivity contribution in [3.8, 4) is 0 Å². The second-order valence-corrected chi connectivity index (χ2v) is 1.88. The third-order valence-electron chi connectivity index (χ3n) is 0.873. The molecule has 2 nitrogen and oxygen atoms in total. The molecule has 0 fully saturated rings. The van der Waals surface area contributed by atoms with Gasteiger partial charge in [0.2, 0.25) is 5.78 Å². The molecule has 0 unspecified atom stereocenters. The number of nitrogens with one attached hydrogen (secondary N) is 1. The molecule has 0 atom stereocenters. The molecule has 42 valence electrons. The Kier molecular flexibility index (Phi) is 1.39. The third kappa shape index (κ3) is 0.924. The molecule has 1 aliphatic rings. The average Bonchev–Trinajstić information content (AvgIpc) is 1.77. The Morgan fingerprint density at radius 3 is 2.88 bits per heavy atom. The molecule has 0 aromatic rings. The van der Waals surface area contributed by atoms with Crippen molar-refractivity contribution in [3.05, 3.63) is 12.2 Å². The van der Waals surface area contributed by atoms with E-state index in [1.165, 1.54) is 6.08 Å². The number of carbonyl (C=O) groups excluding carboxylic acids is 1. The van der Waals surface area contributed by atoms with Gasteiger partial charge in [-0.15, -0.1) is 0 Å². The van der Waals surface area contributed by atoms with Gasteiger partial charge in [-0.25, -0.2) is 0 Å². The van der Waals surface area contributed by atoms with E-state index in [0.29, 0.717) is 11.5 Å². The Labute approximate surface area is 52.6 Å². The lowest BCUT2D eigenvalue weighted by Gasteiger charge is -2.04. The summed E-state index contributed by atoms with van der Waals surface area (Å²) in [6.45, 7) is 0.685. The maximum Gasteiger partial charge on any atom is 0.212 e. The minimum atomic E-state index is -0.0914. The molecule has 0 aliphatic carbocycles. The van der Waals surface area contributed by atoms with Crippen molar-refractivity contribution in [1.29, 1.82) is 0 Å². The number of ketones is 1. The van der Waals surface area contributed by atoms with Gasteiger partial charge in [-0.2, -0.15) is 0 Å². The van der Waals surface area contributed by atoms with E-state index in [2.05, 4.69) is 17.5 Å². The molecular weight excluding hydrogens is 122 g/mol. The topological polar surface area (TPSA) is 29.1 Å². The molecule has 0 saturated heterocycles. The molecular formula is C5H5NOS. The number of rotatable bonds is 0. The highest BCUT2D eigenvalue weighted by Crippen LogP contribution is 1.86. The van der Waals surface area contributed by atoms with Crippen molar-refractivity contribution < 1.29 is 4.79 Å². The maximum atomic E-state index is 10.5. The standard InChI is InChI=1S/C5H5NOS/c7-4-2-1-3-6-5(4)8/h1-2H,3H2,(H,6,8). The van der Waals surface area contributed by atoms with Crippen LogP contribution in [-0.4, -0.2) is 17.3 Å². The summed E-state index contributed by atoms with van der Waals surface area (Å²) in [6.07, 6.45) is 3.23. The van der Waals surface area contributed by atoms with Crippen LogP contribution in [-0.2, 0) is 4.79 Å². The summed E-state index contributed by atoms with van der Waals surface area (Å²) in [5.74, 6) is -0.0914. The first-order valence-corrected chi connectivity index (χ1v) is 2.70. The largest absolute Gasteiger partial charge is 0.370 e. The minimum Gasteiger partial charge on any atom is -0.370 e. The van der Waals surface area contributed by atoms with Crippen LogP contribution in [0.5, 0.6) is 0 Å². The number of thiocarbonyl (C=S) groups is 1. The van der Waals surface area contributed by atoms with E-state index in [9.17, 15) is 4.79 Å². The lowest BCUT2D eigenvalue weighted by molar-refractivity contribution is -0.109. The van der Waals surface area contributed by atoms with Gasteiger partial charge in [-0.05, 0) is 6.08 Å². The van der Waals surface area contributed by atoms with E-state index < -0.39 is 0 Å². The molecule has 0 spiro atoms. The predicted molar refractivity (Wildman–Crippen MR) is 34.7 cm³/mol. The fourth-order valence-electron chi connectivity index (χ4n) is 0.480. The molecule has 0 saturated carbocycles. The van der Waals surface area contributed by atoms with Crippen molar-refractivity contribution >= 4 is 23.0 Å². The summed E-state index contributed by atoms with van der Waals surface area (Å²) >= 11 is 4.62. The molecule has 0 bridgehead atoms. The minimum absolute atomic E-state index is 0.0914. The van der Waals surface area contributed by atoms with Crippen LogP contribution in [0.25, 0.3) is 0 Å². The fourth-order valence-corrected chi connectivity index (χ4v) is 0.632. The van der Waals surface area contributed by atoms with Gasteiger partial charge in [0.05, 0.1) is 0 Å². The second kappa shape index (κ2) is 2.05. The van der Waals surface area contributed by atoms with Gasteiger partial charge in [-0.1, -0.05) is 18.3 Å². The Morgan fingerprint density at radius 2 is 2.50 bits per heavy atom. The van der Waals surface area contributed by atoms with Crippen LogP contribution in [0.1, 0.15) is 0 Å². The summed E-state index contributed by atoms with van der Waals surface area (Å²) < 4.78 is 0. The highest BCUT2D eigenvalue weighted by atomic mass is 32.1. The van der Waals surface area contributed by atoms with Crippen molar-refractivity contribution in [2.24, 2.45) is 0 Å². The average molecular weight is 127 g/mol. The zero-order valence-electron chi connectivity index (χ0n) is 4.18. The first-order valence-electron chi connectivity index (χ1n) is 2.29. The normalized spacial score (nSPS) is 18.5. The monoisotopic (exact) mass is 127 g/mol. The van der Waals surface area contributed by atoms with E-state index in [4.69, 9.17) is 0 Å². The SMILES string of the molecule is O=C1C=CCNC1=S. The molecule has 0 aromatic carbocycles. The molecule has 1 heterocycles. The summed E-state index contributed by atoms with van der Waals surface area (Å²) in [5, 5.41) is 2.73. The first-order chi connectivity index (χ1) is 3.80. The van der Waals surface area contributed by atoms with Crippen LogP contribution < -0.4 is 5.32 Å². The zero-order valence-corrected chi connectivity index (χ0v) is 4.99. The van der Waals surface area contributed by atoms with Gasteiger partial charge >= 0.3 is 0 Å². The molecule has 8 heavy (non-hydrogen) atoms. The molecule has 1 N–H and O–H groups in total. The highest BCUT2D eigenvalue weighted by Gasteiger charge is 2.06. The molecule has 3 heteroatoms. The highest BCUT2D eigenvalue weighted by molar-refractivity contribution is 7.82. The van der Waals surface area contributed by atoms with Crippen molar-refractivity contribution in [1.82, 2.24) is 5.32 Å². The van der Waals surface area contributed by atoms with E-state index in [1.54, 1.807) is 6.08 Å². The van der Waals surface area contributed by atoms with Crippen molar-refractivity contribution in [3.63, 3.8) is 0 Å². The lowest BCUT2D eigenvalue weighted by atomic mass is 10.3. The first kappa shape index (κ1) is 5.44. The summed E-state index contributed by atoms with van der Waals surface area (Å²) in [7, 11) is 0. The molecule has 1 rings (SSSR count). The lowest BCUT2D eigenvalue weighted by Crippen LogP contribution is -2.31. The zero-order chi connectivity index (χ0) is 5.98. The predicted octanol–water partition coefficient (Wildman–Crippen LogP) is 0.0423. The molecule has 1 aliphatic heterocycles. The quantitative estimate of drug-likeness (QED) is 0.466. The van der Waals surface area contributed by atoms with Crippen molar-refractivity contribution in [2.75, 3.05) is 6.54 Å². The van der Waals surface area contributed by atoms with Gasteiger partial charge in [0.25, 0.3) is 0 Å². The van der Waals surface area contributed by atoms with Crippen LogP contribution in [0.2, 0.25) is 0 Å². The Balaban J connectivity index is 2.75. The van der Waals surface area contributed by atoms with E-state index in [1.807, 2.05) is 0 Å². The van der Waals surface area contributed by atoms with Gasteiger partial charge in [0, 0.05) is 6.54 Å². The fraction of sp³-hybridized carbons (Fsp3) is 0.200. The summed E-state index contributed by atoms with van der Waals surface area (Å²) in [5.41, 5.74) is 0. The van der Waals surface area contributed by atoms with Gasteiger partial charge in [-0.3, -0.25) is 4.79 Å². The van der Waals surface area contributed by atoms with Crippen molar-refractivity contribution in [2.45, 2.75) is 0 Å². The van der Waals surface area contributed by atoms with E-state index >= 15 is 0 Å². The summed E-state index contributed by atoms with van der Waals surface area (Å²) in [4.78, 5) is 10.8. The van der Waals surface area contributed by atoms with Crippen LogP contribution >= 0.6 is 12.2 Å². The molecule has 0 aromatic heterocycles. The van der Waals surface area contributed by atoms with Crippen LogP contribution in [0, 0.1) is 0 Å². The van der Waals surface area contributed by atoms with E-state index in [-0.39, 0.29) is 5.78 Å². The van der Waals surface area contributed by atoms with Gasteiger partial charge < -0.3 is 5.32 Å². The Hall–Kier alpha value is -0.700. The van der Waals surface area contributed by atoms with E-state index in [0.717, 1.165) is 0 Å². The van der Waals surface area contributed by atoms with Crippen LogP contribution in [0.4, 0.5) is 0 Å². The molecule has 0 amide bonds. The number of carbonyl (C=O) groups is 1. The third-order valence-corrected chi connectivity index (χ3v) is 1.22. The smallest absolute Gasteiger partial charge is 0.212 e. The van der Waals surface area contributed by atoms with Crippen LogP contribution in [0.15, 0.2) is 12.2 Å². The van der Waals surface area contributed by atoms with Gasteiger partial charge in [0.1, 0.15) is 4.99 Å². The molecule has 0 radical (unpaired) electrons. The van der Waals surface area contributed by atoms with Gasteiger partial charge in [0.15, 0.2) is 0 Å². The Morgan fingerprint density at radius 1 is 1.75 bits per heavy atom. The number of hydrogen-bond acceptors (Lipinski definition) is 2. The van der Waals surface area contributed by atoms with Crippen LogP contribution in [0.3, 0.4) is 0 Å². The number of hydrogen-bond donors (Lipinski definition) is 1. The maximum absolute atomic E-state index is 10.5. The second-order valence-electron chi connectivity index (χ2n) is 1.48. The summed E-state index contributed by atoms with van der Waals surface area (Å²) in [6, 6.07) is 0. The Bertz CT molecular complexity index is 162.